The van der Waals surface area contributed by atoms with Crippen LogP contribution in [0.5, 0.6) is 0 Å². The molecule has 2 heterocycles. The largest absolute Gasteiger partial charge is 0.354 e. The summed E-state index contributed by atoms with van der Waals surface area (Å²) in [6.45, 7) is 6.38. The van der Waals surface area contributed by atoms with Crippen molar-refractivity contribution < 1.29 is 0 Å². The molecular weight excluding hydrogens is 233 g/mol. The highest BCUT2D eigenvalue weighted by Crippen LogP contribution is 2.15. The van der Waals surface area contributed by atoms with Crippen LogP contribution in [0.3, 0.4) is 0 Å². The molecule has 86 valence electrons. The molecule has 0 saturated carbocycles. The van der Waals surface area contributed by atoms with Crippen LogP contribution < -0.4 is 10.2 Å². The van der Waals surface area contributed by atoms with Gasteiger partial charge in [0.15, 0.2) is 0 Å². The number of nitrogens with zero attached hydrogens (tertiary/aromatic N) is 2. The summed E-state index contributed by atoms with van der Waals surface area (Å²) >= 11 is 0. The summed E-state index contributed by atoms with van der Waals surface area (Å²) in [5.41, 5.74) is 1.27. The van der Waals surface area contributed by atoms with Gasteiger partial charge in [-0.25, -0.2) is 4.98 Å². The van der Waals surface area contributed by atoms with Gasteiger partial charge in [0.1, 0.15) is 5.82 Å². The van der Waals surface area contributed by atoms with Gasteiger partial charge in [0.05, 0.1) is 0 Å². The molecule has 1 aromatic rings. The van der Waals surface area contributed by atoms with Crippen molar-refractivity contribution in [2.24, 2.45) is 0 Å². The first kappa shape index (κ1) is 14.5. The molecule has 3 nitrogen and oxygen atoms in total. The van der Waals surface area contributed by atoms with Crippen molar-refractivity contribution in [2.45, 2.75) is 6.92 Å². The Morgan fingerprint density at radius 2 is 1.93 bits per heavy atom. The van der Waals surface area contributed by atoms with E-state index in [1.54, 1.807) is 0 Å². The van der Waals surface area contributed by atoms with Gasteiger partial charge in [0, 0.05) is 32.4 Å². The molecule has 0 atom stereocenters. The summed E-state index contributed by atoms with van der Waals surface area (Å²) in [5, 5.41) is 3.33. The summed E-state index contributed by atoms with van der Waals surface area (Å²) in [7, 11) is 0. The van der Waals surface area contributed by atoms with E-state index in [0.29, 0.717) is 0 Å². The molecule has 1 aliphatic heterocycles. The van der Waals surface area contributed by atoms with Crippen LogP contribution in [0, 0.1) is 6.92 Å². The number of aromatic nitrogens is 1. The number of piperazine rings is 1. The fourth-order valence-corrected chi connectivity index (χ4v) is 1.69. The second kappa shape index (κ2) is 6.88. The number of halogens is 2. The molecule has 1 aromatic heterocycles. The van der Waals surface area contributed by atoms with Crippen molar-refractivity contribution in [1.82, 2.24) is 10.3 Å². The SMILES string of the molecule is Cc1cccnc1N1CCNCC1.Cl.Cl. The van der Waals surface area contributed by atoms with Gasteiger partial charge < -0.3 is 10.2 Å². The Labute approximate surface area is 103 Å². The zero-order chi connectivity index (χ0) is 9.10. The summed E-state index contributed by atoms with van der Waals surface area (Å²) in [6, 6.07) is 4.10. The molecule has 1 N–H and O–H groups in total. The molecule has 1 aliphatic rings. The summed E-state index contributed by atoms with van der Waals surface area (Å²) in [5.74, 6) is 1.14. The van der Waals surface area contributed by atoms with Crippen molar-refractivity contribution in [3.05, 3.63) is 23.9 Å². The van der Waals surface area contributed by atoms with E-state index < -0.39 is 0 Å². The quantitative estimate of drug-likeness (QED) is 0.821. The summed E-state index contributed by atoms with van der Waals surface area (Å²) in [4.78, 5) is 6.74. The van der Waals surface area contributed by atoms with Crippen LogP contribution in [0.1, 0.15) is 5.56 Å². The van der Waals surface area contributed by atoms with Crippen molar-refractivity contribution in [3.63, 3.8) is 0 Å². The number of anilines is 1. The first-order valence-electron chi connectivity index (χ1n) is 4.75. The van der Waals surface area contributed by atoms with Crippen LogP contribution in [0.25, 0.3) is 0 Å². The van der Waals surface area contributed by atoms with E-state index in [2.05, 4.69) is 28.2 Å². The van der Waals surface area contributed by atoms with Crippen LogP contribution in [0.15, 0.2) is 18.3 Å². The maximum absolute atomic E-state index is 4.40. The molecule has 5 heteroatoms. The topological polar surface area (TPSA) is 28.2 Å². The highest BCUT2D eigenvalue weighted by molar-refractivity contribution is 5.85. The molecule has 0 spiro atoms. The summed E-state index contributed by atoms with van der Waals surface area (Å²) < 4.78 is 0. The average Bonchev–Trinajstić information content (AvgIpc) is 2.20. The molecule has 0 unspecified atom stereocenters. The van der Waals surface area contributed by atoms with Crippen LogP contribution in [0.2, 0.25) is 0 Å². The Balaban J connectivity index is 0.000000980. The smallest absolute Gasteiger partial charge is 0.131 e. The van der Waals surface area contributed by atoms with Crippen molar-refractivity contribution in [1.29, 1.82) is 0 Å². The molecule has 0 aliphatic carbocycles. The predicted molar refractivity (Wildman–Crippen MR) is 68.6 cm³/mol. The maximum atomic E-state index is 4.40. The standard InChI is InChI=1S/C10H15N3.2ClH/c1-9-3-2-4-12-10(9)13-7-5-11-6-8-13;;/h2-4,11H,5-8H2,1H3;2*1H. The van der Waals surface area contributed by atoms with Gasteiger partial charge in [-0.1, -0.05) is 6.07 Å². The third-order valence-corrected chi connectivity index (χ3v) is 2.40. The minimum absolute atomic E-state index is 0. The molecule has 0 radical (unpaired) electrons. The lowest BCUT2D eigenvalue weighted by Gasteiger charge is -2.29. The Morgan fingerprint density at radius 1 is 1.27 bits per heavy atom. The van der Waals surface area contributed by atoms with E-state index in [4.69, 9.17) is 0 Å². The molecular formula is C10H17Cl2N3. The summed E-state index contributed by atoms with van der Waals surface area (Å²) in [6.07, 6.45) is 1.87. The number of pyridine rings is 1. The van der Waals surface area contributed by atoms with Crippen LogP contribution >= 0.6 is 24.8 Å². The molecule has 0 amide bonds. The van der Waals surface area contributed by atoms with E-state index in [1.165, 1.54) is 5.56 Å². The predicted octanol–water partition coefficient (Wildman–Crippen LogP) is 1.64. The second-order valence-corrected chi connectivity index (χ2v) is 3.38. The fourth-order valence-electron chi connectivity index (χ4n) is 1.69. The van der Waals surface area contributed by atoms with Crippen LogP contribution in [-0.4, -0.2) is 31.2 Å². The normalized spacial score (nSPS) is 15.1. The zero-order valence-electron chi connectivity index (χ0n) is 8.77. The number of aryl methyl sites for hydroxylation is 1. The highest BCUT2D eigenvalue weighted by atomic mass is 35.5. The van der Waals surface area contributed by atoms with Gasteiger partial charge in [-0.2, -0.15) is 0 Å². The number of rotatable bonds is 1. The average molecular weight is 250 g/mol. The van der Waals surface area contributed by atoms with Gasteiger partial charge >= 0.3 is 0 Å². The second-order valence-electron chi connectivity index (χ2n) is 3.38. The van der Waals surface area contributed by atoms with Crippen molar-refractivity contribution in [2.75, 3.05) is 31.1 Å². The van der Waals surface area contributed by atoms with E-state index in [0.717, 1.165) is 32.0 Å². The first-order chi connectivity index (χ1) is 6.38. The first-order valence-corrected chi connectivity index (χ1v) is 4.75. The molecule has 2 rings (SSSR count). The molecule has 15 heavy (non-hydrogen) atoms. The van der Waals surface area contributed by atoms with Gasteiger partial charge in [0.25, 0.3) is 0 Å². The Kier molecular flexibility index (Phi) is 6.65. The van der Waals surface area contributed by atoms with E-state index in [9.17, 15) is 0 Å². The molecule has 0 bridgehead atoms. The molecule has 1 fully saturated rings. The van der Waals surface area contributed by atoms with Gasteiger partial charge in [-0.05, 0) is 18.6 Å². The van der Waals surface area contributed by atoms with Gasteiger partial charge in [-0.3, -0.25) is 0 Å². The molecule has 1 saturated heterocycles. The molecule has 0 aromatic carbocycles. The Bertz CT molecular complexity index is 288. The lowest BCUT2D eigenvalue weighted by molar-refractivity contribution is 0.584. The number of hydrogen-bond donors (Lipinski definition) is 1. The Morgan fingerprint density at radius 3 is 2.53 bits per heavy atom. The van der Waals surface area contributed by atoms with Crippen LogP contribution in [0.4, 0.5) is 5.82 Å². The zero-order valence-corrected chi connectivity index (χ0v) is 10.4. The minimum Gasteiger partial charge on any atom is -0.354 e. The monoisotopic (exact) mass is 249 g/mol. The van der Waals surface area contributed by atoms with Gasteiger partial charge in [0.2, 0.25) is 0 Å². The van der Waals surface area contributed by atoms with E-state index >= 15 is 0 Å². The van der Waals surface area contributed by atoms with Crippen molar-refractivity contribution in [3.8, 4) is 0 Å². The lowest BCUT2D eigenvalue weighted by Crippen LogP contribution is -2.44. The van der Waals surface area contributed by atoms with E-state index in [-0.39, 0.29) is 24.8 Å². The number of nitrogens with one attached hydrogen (secondary N) is 1. The highest BCUT2D eigenvalue weighted by Gasteiger charge is 2.12. The third-order valence-electron chi connectivity index (χ3n) is 2.40. The fraction of sp³-hybridized carbons (Fsp3) is 0.500. The number of hydrogen-bond acceptors (Lipinski definition) is 3. The minimum atomic E-state index is 0. The van der Waals surface area contributed by atoms with Crippen molar-refractivity contribution >= 4 is 30.6 Å². The third kappa shape index (κ3) is 3.52. The lowest BCUT2D eigenvalue weighted by atomic mass is 10.2. The Hall–Kier alpha value is -0.510. The van der Waals surface area contributed by atoms with Gasteiger partial charge in [-0.15, -0.1) is 24.8 Å². The maximum Gasteiger partial charge on any atom is 0.131 e. The van der Waals surface area contributed by atoms with E-state index in [1.807, 2.05) is 12.3 Å². The van der Waals surface area contributed by atoms with Crippen LogP contribution in [-0.2, 0) is 0 Å².